The van der Waals surface area contributed by atoms with Gasteiger partial charge < -0.3 is 4.42 Å². The van der Waals surface area contributed by atoms with Gasteiger partial charge in [-0.25, -0.2) is 0 Å². The van der Waals surface area contributed by atoms with E-state index >= 15 is 0 Å². The van der Waals surface area contributed by atoms with Crippen molar-refractivity contribution in [2.45, 2.75) is 47.0 Å². The number of allylic oxidation sites excluding steroid dienone is 1. The molecule has 1 heterocycles. The van der Waals surface area contributed by atoms with Crippen LogP contribution in [0.3, 0.4) is 0 Å². The molecular weight excluding hydrogens is 725 g/mol. The third-order valence-electron chi connectivity index (χ3n) is 12.9. The van der Waals surface area contributed by atoms with Crippen LogP contribution >= 0.6 is 0 Å². The fraction of sp³-hybridized carbons (Fsp3) is 0.119. The molecule has 0 saturated carbocycles. The molecule has 1 aromatic heterocycles. The zero-order chi connectivity index (χ0) is 41.1. The molecule has 0 N–H and O–H groups in total. The SMILES string of the molecule is CC=c1c(-c2ccc(-c3ccc4c(c3)-c3c(c5c(C)c(/C=C\C)oc5c5ccccc35)C4(C)C)c3ccccc23)ccccccc(-c2cccc3ccccc23)/c1=C/C. The number of rotatable bonds is 4. The van der Waals surface area contributed by atoms with Gasteiger partial charge >= 0.3 is 0 Å². The molecule has 0 aliphatic heterocycles. The molecule has 0 unspecified atom stereocenters. The Hall–Kier alpha value is -6.96. The maximum Gasteiger partial charge on any atom is 0.143 e. The molecule has 1 nitrogen and oxygen atoms in total. The predicted octanol–water partition coefficient (Wildman–Crippen LogP) is 15.3. The maximum atomic E-state index is 6.67. The molecule has 0 bridgehead atoms. The van der Waals surface area contributed by atoms with Gasteiger partial charge in [-0.1, -0.05) is 184 Å². The highest BCUT2D eigenvalue weighted by molar-refractivity contribution is 6.18. The van der Waals surface area contributed by atoms with E-state index in [4.69, 9.17) is 4.42 Å². The van der Waals surface area contributed by atoms with Gasteiger partial charge in [0.2, 0.25) is 0 Å². The molecule has 0 spiro atoms. The summed E-state index contributed by atoms with van der Waals surface area (Å²) in [6.07, 6.45) is 8.73. The molecule has 0 atom stereocenters. The van der Waals surface area contributed by atoms with E-state index in [1.165, 1.54) is 104 Å². The molecule has 1 heteroatoms. The van der Waals surface area contributed by atoms with Gasteiger partial charge in [0.1, 0.15) is 11.3 Å². The second-order valence-corrected chi connectivity index (χ2v) is 16.5. The highest BCUT2D eigenvalue weighted by atomic mass is 16.3. The van der Waals surface area contributed by atoms with Gasteiger partial charge in [-0.15, -0.1) is 0 Å². The molecule has 0 saturated heterocycles. The van der Waals surface area contributed by atoms with E-state index in [2.05, 4.69) is 224 Å². The molecule has 1 aliphatic carbocycles. The minimum absolute atomic E-state index is 0.211. The van der Waals surface area contributed by atoms with Gasteiger partial charge in [-0.2, -0.15) is 0 Å². The van der Waals surface area contributed by atoms with E-state index in [1.54, 1.807) is 0 Å². The number of hydrogen-bond donors (Lipinski definition) is 0. The molecule has 0 fully saturated rings. The Bertz CT molecular complexity index is 3440. The van der Waals surface area contributed by atoms with Crippen LogP contribution in [-0.2, 0) is 5.41 Å². The van der Waals surface area contributed by atoms with Crippen LogP contribution in [0.1, 0.15) is 57.1 Å². The first-order valence-electron chi connectivity index (χ1n) is 21.2. The first-order valence-corrected chi connectivity index (χ1v) is 21.2. The van der Waals surface area contributed by atoms with Gasteiger partial charge in [-0.3, -0.25) is 0 Å². The normalized spacial score (nSPS) is 13.8. The Morgan fingerprint density at radius 2 is 1.03 bits per heavy atom. The summed E-state index contributed by atoms with van der Waals surface area (Å²) in [5.41, 5.74) is 14.6. The van der Waals surface area contributed by atoms with E-state index in [0.717, 1.165) is 16.7 Å². The highest BCUT2D eigenvalue weighted by Gasteiger charge is 2.40. The molecule has 0 radical (unpaired) electrons. The fourth-order valence-corrected chi connectivity index (χ4v) is 10.2. The molecule has 9 aromatic rings. The number of aryl methyl sites for hydroxylation is 1. The standard InChI is InChI=1S/C59H48O/c1-7-21-54-37(4)55-57-56(50-29-18-19-30-51(50)58(55)60-54)52-36-39(32-35-53(52)59(57,5)6)43-33-34-49(48-28-17-16-27-46(43)48)45-26-13-11-10-12-25-44(40(8-2)41(45)9-3)47-31-20-23-38-22-14-15-24-42(38)47/h7-36H,1-6H3/b12-10?,13-11?,21-7-,40-8+,41-9?,44-25?,45-26?. The summed E-state index contributed by atoms with van der Waals surface area (Å²) in [5, 5.41) is 11.0. The Kier molecular flexibility index (Phi) is 9.14. The minimum Gasteiger partial charge on any atom is -0.456 e. The van der Waals surface area contributed by atoms with Crippen molar-refractivity contribution < 1.29 is 4.42 Å². The smallest absolute Gasteiger partial charge is 0.143 e. The largest absolute Gasteiger partial charge is 0.456 e. The fourth-order valence-electron chi connectivity index (χ4n) is 10.2. The Balaban J connectivity index is 1.21. The minimum atomic E-state index is -0.211. The van der Waals surface area contributed by atoms with Crippen molar-refractivity contribution >= 4 is 61.5 Å². The quantitative estimate of drug-likeness (QED) is 0.174. The molecule has 290 valence electrons. The van der Waals surface area contributed by atoms with Crippen molar-refractivity contribution in [1.29, 1.82) is 0 Å². The highest BCUT2D eigenvalue weighted by Crippen LogP contribution is 2.56. The van der Waals surface area contributed by atoms with Crippen LogP contribution in [-0.4, -0.2) is 0 Å². The Morgan fingerprint density at radius 1 is 0.483 bits per heavy atom. The first-order chi connectivity index (χ1) is 29.3. The van der Waals surface area contributed by atoms with Crippen molar-refractivity contribution in [3.05, 3.63) is 197 Å². The topological polar surface area (TPSA) is 13.1 Å². The first kappa shape index (κ1) is 37.3. The van der Waals surface area contributed by atoms with Crippen LogP contribution in [0, 0.1) is 6.92 Å². The molecule has 60 heavy (non-hydrogen) atoms. The number of hydrogen-bond acceptors (Lipinski definition) is 1. The van der Waals surface area contributed by atoms with Crippen molar-refractivity contribution in [2.24, 2.45) is 0 Å². The van der Waals surface area contributed by atoms with Gasteiger partial charge in [0.25, 0.3) is 0 Å². The van der Waals surface area contributed by atoms with Crippen molar-refractivity contribution in [1.82, 2.24) is 0 Å². The second-order valence-electron chi connectivity index (χ2n) is 16.5. The molecule has 8 aromatic carbocycles. The van der Waals surface area contributed by atoms with E-state index in [-0.39, 0.29) is 5.41 Å². The summed E-state index contributed by atoms with van der Waals surface area (Å²) in [5.74, 6) is 0.936. The maximum absolute atomic E-state index is 6.67. The van der Waals surface area contributed by atoms with E-state index < -0.39 is 0 Å². The van der Waals surface area contributed by atoms with Crippen LogP contribution in [0.15, 0.2) is 168 Å². The monoisotopic (exact) mass is 772 g/mol. The Labute approximate surface area is 352 Å². The molecule has 1 aliphatic rings. The number of furan rings is 1. The van der Waals surface area contributed by atoms with Crippen molar-refractivity contribution in [2.75, 3.05) is 0 Å². The second kappa shape index (κ2) is 14.7. The number of fused-ring (bicyclic) bond motifs is 10. The summed E-state index contributed by atoms with van der Waals surface area (Å²) >= 11 is 0. The Morgan fingerprint density at radius 3 is 1.72 bits per heavy atom. The lowest BCUT2D eigenvalue weighted by Crippen LogP contribution is -2.27. The van der Waals surface area contributed by atoms with Crippen LogP contribution < -0.4 is 10.4 Å². The lowest BCUT2D eigenvalue weighted by atomic mass is 9.79. The van der Waals surface area contributed by atoms with Crippen LogP contribution in [0.5, 0.6) is 0 Å². The van der Waals surface area contributed by atoms with Crippen LogP contribution in [0.25, 0.3) is 106 Å². The van der Waals surface area contributed by atoms with E-state index in [9.17, 15) is 0 Å². The van der Waals surface area contributed by atoms with Crippen molar-refractivity contribution in [3.8, 4) is 44.5 Å². The molecule has 0 amide bonds. The summed E-state index contributed by atoms with van der Waals surface area (Å²) in [6, 6.07) is 58.1. The van der Waals surface area contributed by atoms with Crippen LogP contribution in [0.2, 0.25) is 0 Å². The van der Waals surface area contributed by atoms with Gasteiger partial charge in [0.15, 0.2) is 0 Å². The molecule has 10 rings (SSSR count). The lowest BCUT2D eigenvalue weighted by Gasteiger charge is -2.23. The van der Waals surface area contributed by atoms with Gasteiger partial charge in [0, 0.05) is 21.8 Å². The average Bonchev–Trinajstić information content (AvgIpc) is 3.73. The van der Waals surface area contributed by atoms with Crippen LogP contribution in [0.4, 0.5) is 0 Å². The third kappa shape index (κ3) is 5.68. The molecular formula is C59H48O. The average molecular weight is 773 g/mol. The van der Waals surface area contributed by atoms with E-state index in [0.29, 0.717) is 0 Å². The van der Waals surface area contributed by atoms with Crippen molar-refractivity contribution in [3.63, 3.8) is 0 Å². The lowest BCUT2D eigenvalue weighted by molar-refractivity contribution is 0.603. The summed E-state index contributed by atoms with van der Waals surface area (Å²) in [4.78, 5) is 0. The summed E-state index contributed by atoms with van der Waals surface area (Å²) in [7, 11) is 0. The van der Waals surface area contributed by atoms with Gasteiger partial charge in [0.05, 0.1) is 0 Å². The van der Waals surface area contributed by atoms with E-state index in [1.807, 2.05) is 0 Å². The summed E-state index contributed by atoms with van der Waals surface area (Å²) in [6.45, 7) is 13.4. The predicted molar refractivity (Wildman–Crippen MR) is 259 cm³/mol. The zero-order valence-electron chi connectivity index (χ0n) is 35.2. The third-order valence-corrected chi connectivity index (χ3v) is 12.9. The summed E-state index contributed by atoms with van der Waals surface area (Å²) < 4.78 is 6.67. The van der Waals surface area contributed by atoms with Gasteiger partial charge in [-0.05, 0) is 133 Å². The number of benzene rings is 7. The zero-order valence-corrected chi connectivity index (χ0v) is 35.2.